The molecule has 0 aliphatic heterocycles. The fourth-order valence-electron chi connectivity index (χ4n) is 1.45. The van der Waals surface area contributed by atoms with E-state index in [2.05, 4.69) is 6.92 Å². The summed E-state index contributed by atoms with van der Waals surface area (Å²) >= 11 is 0. The van der Waals surface area contributed by atoms with E-state index >= 15 is 0 Å². The first-order chi connectivity index (χ1) is 7.57. The summed E-state index contributed by atoms with van der Waals surface area (Å²) in [6.07, 6.45) is 5.99. The van der Waals surface area contributed by atoms with E-state index in [9.17, 15) is 14.7 Å². The third-order valence-electron chi connectivity index (χ3n) is 2.57. The van der Waals surface area contributed by atoms with Crippen LogP contribution in [0.25, 0.3) is 0 Å². The van der Waals surface area contributed by atoms with E-state index in [-0.39, 0.29) is 37.7 Å². The summed E-state index contributed by atoms with van der Waals surface area (Å²) in [7, 11) is 1.64. The van der Waals surface area contributed by atoms with Crippen molar-refractivity contribution in [3.8, 4) is 0 Å². The number of carbonyl (C=O) groups excluding carboxylic acids is 2. The maximum Gasteiger partial charge on any atom is 1.00 e. The topological polar surface area (TPSA) is 60.4 Å². The van der Waals surface area contributed by atoms with E-state index in [0.717, 1.165) is 12.8 Å². The third-order valence-corrected chi connectivity index (χ3v) is 2.57. The number of rotatable bonds is 9. The summed E-state index contributed by atoms with van der Waals surface area (Å²) in [5.74, 6) is -1.08. The number of nitrogens with zero attached hydrogens (tertiary/aromatic N) is 1. The molecule has 0 unspecified atom stereocenters. The van der Waals surface area contributed by atoms with Gasteiger partial charge in [0.15, 0.2) is 0 Å². The molecule has 0 atom stereocenters. The molecule has 0 bridgehead atoms. The zero-order valence-corrected chi connectivity index (χ0v) is 11.3. The fraction of sp³-hybridized carbons (Fsp3) is 0.833. The Bertz CT molecular complexity index is 222. The van der Waals surface area contributed by atoms with Crippen molar-refractivity contribution in [2.75, 3.05) is 13.6 Å². The van der Waals surface area contributed by atoms with Crippen LogP contribution in [0.15, 0.2) is 0 Å². The molecular formula is C12H22LiNO3. The average molecular weight is 235 g/mol. The summed E-state index contributed by atoms with van der Waals surface area (Å²) in [5.41, 5.74) is 0. The van der Waals surface area contributed by atoms with Gasteiger partial charge in [0.05, 0.1) is 0 Å². The van der Waals surface area contributed by atoms with Crippen molar-refractivity contribution in [1.29, 1.82) is 0 Å². The van der Waals surface area contributed by atoms with Gasteiger partial charge in [-0.15, -0.1) is 0 Å². The molecule has 0 aromatic rings. The second kappa shape index (κ2) is 12.0. The van der Waals surface area contributed by atoms with E-state index < -0.39 is 5.97 Å². The summed E-state index contributed by atoms with van der Waals surface area (Å²) < 4.78 is 0. The van der Waals surface area contributed by atoms with Crippen molar-refractivity contribution in [3.63, 3.8) is 0 Å². The zero-order valence-electron chi connectivity index (χ0n) is 11.3. The van der Waals surface area contributed by atoms with E-state index in [4.69, 9.17) is 0 Å². The normalized spacial score (nSPS) is 9.53. The van der Waals surface area contributed by atoms with E-state index in [1.54, 1.807) is 7.05 Å². The molecule has 5 heteroatoms. The molecule has 0 radical (unpaired) electrons. The number of carboxylic acid groups (broad SMARTS) is 1. The van der Waals surface area contributed by atoms with Crippen LogP contribution in [0.3, 0.4) is 0 Å². The van der Waals surface area contributed by atoms with Gasteiger partial charge < -0.3 is 14.8 Å². The zero-order chi connectivity index (χ0) is 12.4. The van der Waals surface area contributed by atoms with Crippen LogP contribution in [0.1, 0.15) is 51.9 Å². The van der Waals surface area contributed by atoms with Crippen LogP contribution in [0.2, 0.25) is 0 Å². The summed E-state index contributed by atoms with van der Waals surface area (Å²) in [6, 6.07) is 0. The minimum atomic E-state index is -1.11. The van der Waals surface area contributed by atoms with E-state index in [1.165, 1.54) is 24.2 Å². The first-order valence-electron chi connectivity index (χ1n) is 6.01. The smallest absolute Gasteiger partial charge is 0.550 e. The Morgan fingerprint density at radius 2 is 1.65 bits per heavy atom. The van der Waals surface area contributed by atoms with Crippen LogP contribution < -0.4 is 24.0 Å². The predicted octanol–water partition coefficient (Wildman–Crippen LogP) is -2.05. The molecule has 0 heterocycles. The Morgan fingerprint density at radius 1 is 1.06 bits per heavy atom. The molecule has 0 aromatic carbocycles. The predicted molar refractivity (Wildman–Crippen MR) is 60.6 cm³/mol. The van der Waals surface area contributed by atoms with Crippen molar-refractivity contribution in [2.24, 2.45) is 0 Å². The molecule has 0 saturated carbocycles. The molecule has 0 saturated heterocycles. The van der Waals surface area contributed by atoms with E-state index in [0.29, 0.717) is 6.42 Å². The van der Waals surface area contributed by atoms with Gasteiger partial charge in [-0.2, -0.15) is 0 Å². The molecule has 1 amide bonds. The number of amides is 1. The third kappa shape index (κ3) is 11.8. The standard InChI is InChI=1S/C12H23NO3.Li/c1-3-4-5-6-7-8-11(14)13(2)10-9-12(15)16;/h3-10H2,1-2H3,(H,15,16);/q;+1/p-1. The molecule has 0 rings (SSSR count). The Morgan fingerprint density at radius 3 is 2.18 bits per heavy atom. The maximum absolute atomic E-state index is 11.5. The van der Waals surface area contributed by atoms with Crippen LogP contribution in [0, 0.1) is 0 Å². The first-order valence-corrected chi connectivity index (χ1v) is 6.01. The summed E-state index contributed by atoms with van der Waals surface area (Å²) in [4.78, 5) is 23.2. The number of unbranched alkanes of at least 4 members (excludes halogenated alkanes) is 4. The van der Waals surface area contributed by atoms with Gasteiger partial charge in [0.1, 0.15) is 0 Å². The number of hydrogen-bond acceptors (Lipinski definition) is 3. The molecule has 17 heavy (non-hydrogen) atoms. The molecule has 0 fully saturated rings. The van der Waals surface area contributed by atoms with Gasteiger partial charge in [0.25, 0.3) is 0 Å². The minimum absolute atomic E-state index is 0. The van der Waals surface area contributed by atoms with Gasteiger partial charge in [-0.05, 0) is 6.42 Å². The minimum Gasteiger partial charge on any atom is -0.550 e. The summed E-state index contributed by atoms with van der Waals surface area (Å²) in [5, 5.41) is 10.2. The van der Waals surface area contributed by atoms with Gasteiger partial charge in [0.2, 0.25) is 5.91 Å². The number of hydrogen-bond donors (Lipinski definition) is 0. The molecule has 0 N–H and O–H groups in total. The summed E-state index contributed by atoms with van der Waals surface area (Å²) in [6.45, 7) is 2.40. The largest absolute Gasteiger partial charge is 1.00 e. The Kier molecular flexibility index (Phi) is 13.3. The molecule has 4 nitrogen and oxygen atoms in total. The van der Waals surface area contributed by atoms with Crippen LogP contribution in [0.5, 0.6) is 0 Å². The number of carbonyl (C=O) groups is 2. The van der Waals surface area contributed by atoms with E-state index in [1.807, 2.05) is 0 Å². The van der Waals surface area contributed by atoms with Gasteiger partial charge in [-0.1, -0.05) is 32.6 Å². The van der Waals surface area contributed by atoms with Crippen LogP contribution >= 0.6 is 0 Å². The maximum atomic E-state index is 11.5. The Labute approximate surface area is 116 Å². The van der Waals surface area contributed by atoms with Crippen molar-refractivity contribution < 1.29 is 33.6 Å². The van der Waals surface area contributed by atoms with Crippen molar-refractivity contribution >= 4 is 11.9 Å². The SMILES string of the molecule is CCCCCCCC(=O)N(C)CCC(=O)[O-].[Li+]. The van der Waals surface area contributed by atoms with Crippen molar-refractivity contribution in [1.82, 2.24) is 4.90 Å². The second-order valence-corrected chi connectivity index (χ2v) is 4.10. The number of aliphatic carboxylic acids is 1. The second-order valence-electron chi connectivity index (χ2n) is 4.10. The molecule has 94 valence electrons. The fourth-order valence-corrected chi connectivity index (χ4v) is 1.45. The molecule has 0 aromatic heterocycles. The Balaban J connectivity index is 0. The molecule has 0 spiro atoms. The van der Waals surface area contributed by atoms with Gasteiger partial charge in [0, 0.05) is 32.4 Å². The van der Waals surface area contributed by atoms with Gasteiger partial charge in [-0.3, -0.25) is 4.79 Å². The number of carboxylic acids is 1. The van der Waals surface area contributed by atoms with Crippen LogP contribution in [-0.2, 0) is 9.59 Å². The quantitative estimate of drug-likeness (QED) is 0.341. The van der Waals surface area contributed by atoms with Gasteiger partial charge in [-0.25, -0.2) is 0 Å². The van der Waals surface area contributed by atoms with Crippen molar-refractivity contribution in [3.05, 3.63) is 0 Å². The van der Waals surface area contributed by atoms with Crippen LogP contribution in [-0.4, -0.2) is 30.4 Å². The van der Waals surface area contributed by atoms with Gasteiger partial charge >= 0.3 is 18.9 Å². The molecule has 0 aliphatic carbocycles. The monoisotopic (exact) mass is 235 g/mol. The average Bonchev–Trinajstić information content (AvgIpc) is 2.25. The molecule has 0 aliphatic rings. The molecular weight excluding hydrogens is 213 g/mol. The van der Waals surface area contributed by atoms with Crippen molar-refractivity contribution in [2.45, 2.75) is 51.9 Å². The van der Waals surface area contributed by atoms with Crippen LogP contribution in [0.4, 0.5) is 0 Å². The first kappa shape index (κ1) is 18.9. The Hall–Kier alpha value is -0.463.